The second-order valence-corrected chi connectivity index (χ2v) is 5.02. The van der Waals surface area contributed by atoms with Crippen molar-refractivity contribution in [1.29, 1.82) is 0 Å². The van der Waals surface area contributed by atoms with Crippen molar-refractivity contribution < 1.29 is 0 Å². The van der Waals surface area contributed by atoms with Crippen LogP contribution in [0.4, 0.5) is 0 Å². The maximum Gasteiger partial charge on any atom is 0.208 e. The van der Waals surface area contributed by atoms with Gasteiger partial charge >= 0.3 is 0 Å². The molecule has 1 aromatic rings. The van der Waals surface area contributed by atoms with E-state index in [9.17, 15) is 0 Å². The molecule has 0 fully saturated rings. The molecule has 5 nitrogen and oxygen atoms in total. The van der Waals surface area contributed by atoms with Crippen molar-refractivity contribution >= 4 is 11.8 Å². The lowest BCUT2D eigenvalue weighted by Crippen LogP contribution is -2.23. The van der Waals surface area contributed by atoms with Gasteiger partial charge in [0.05, 0.1) is 0 Å². The van der Waals surface area contributed by atoms with Crippen molar-refractivity contribution in [2.75, 3.05) is 39.5 Å². The van der Waals surface area contributed by atoms with E-state index in [4.69, 9.17) is 0 Å². The highest BCUT2D eigenvalue weighted by Crippen LogP contribution is 2.10. The fourth-order valence-electron chi connectivity index (χ4n) is 1.25. The Kier molecular flexibility index (Phi) is 6.44. The Morgan fingerprint density at radius 1 is 1.38 bits per heavy atom. The van der Waals surface area contributed by atoms with E-state index in [1.165, 1.54) is 6.42 Å². The Labute approximate surface area is 101 Å². The van der Waals surface area contributed by atoms with Gasteiger partial charge in [0.15, 0.2) is 0 Å². The van der Waals surface area contributed by atoms with Crippen molar-refractivity contribution in [2.45, 2.75) is 18.5 Å². The van der Waals surface area contributed by atoms with Gasteiger partial charge in [0.2, 0.25) is 5.16 Å². The van der Waals surface area contributed by atoms with E-state index in [2.05, 4.69) is 39.5 Å². The zero-order valence-corrected chi connectivity index (χ0v) is 11.1. The molecule has 1 heterocycles. The average molecular weight is 243 g/mol. The van der Waals surface area contributed by atoms with Crippen LogP contribution in [0.25, 0.3) is 0 Å². The van der Waals surface area contributed by atoms with Crippen LogP contribution >= 0.6 is 11.8 Å². The Morgan fingerprint density at radius 3 is 2.81 bits per heavy atom. The number of hydrogen-bond donors (Lipinski definition) is 2. The highest BCUT2D eigenvalue weighted by Gasteiger charge is 1.99. The minimum atomic E-state index is 0.840. The normalized spacial score (nSPS) is 11.2. The minimum absolute atomic E-state index is 0.840. The molecule has 0 saturated heterocycles. The first-order valence-electron chi connectivity index (χ1n) is 5.55. The van der Waals surface area contributed by atoms with Gasteiger partial charge < -0.3 is 10.2 Å². The molecule has 0 aliphatic heterocycles. The van der Waals surface area contributed by atoms with E-state index in [-0.39, 0.29) is 0 Å². The summed E-state index contributed by atoms with van der Waals surface area (Å²) in [4.78, 5) is 6.43. The molecule has 0 amide bonds. The Bertz CT molecular complexity index is 286. The number of nitrogens with one attached hydrogen (secondary N) is 2. The van der Waals surface area contributed by atoms with E-state index in [1.54, 1.807) is 11.8 Å². The van der Waals surface area contributed by atoms with E-state index in [0.717, 1.165) is 36.4 Å². The zero-order chi connectivity index (χ0) is 11.8. The molecule has 0 unspecified atom stereocenters. The summed E-state index contributed by atoms with van der Waals surface area (Å²) in [5, 5.41) is 11.1. The van der Waals surface area contributed by atoms with Gasteiger partial charge in [-0.1, -0.05) is 11.8 Å². The molecular formula is C10H21N5S. The van der Waals surface area contributed by atoms with E-state index in [1.807, 2.05) is 6.92 Å². The number of H-pyrrole nitrogens is 1. The first-order chi connectivity index (χ1) is 7.68. The number of rotatable bonds is 8. The molecule has 0 aliphatic carbocycles. The van der Waals surface area contributed by atoms with Crippen molar-refractivity contribution in [2.24, 2.45) is 0 Å². The first-order valence-corrected chi connectivity index (χ1v) is 6.54. The summed E-state index contributed by atoms with van der Waals surface area (Å²) in [6.07, 6.45) is 1.19. The van der Waals surface area contributed by atoms with Crippen LogP contribution in [0.5, 0.6) is 0 Å². The summed E-state index contributed by atoms with van der Waals surface area (Å²) in [5.41, 5.74) is 0. The molecule has 6 heteroatoms. The van der Waals surface area contributed by atoms with Crippen molar-refractivity contribution in [3.63, 3.8) is 0 Å². The van der Waals surface area contributed by atoms with Gasteiger partial charge in [0.1, 0.15) is 5.82 Å². The van der Waals surface area contributed by atoms with Crippen LogP contribution in [0, 0.1) is 6.92 Å². The highest BCUT2D eigenvalue weighted by atomic mass is 32.2. The van der Waals surface area contributed by atoms with Crippen molar-refractivity contribution in [3.05, 3.63) is 5.82 Å². The number of thioether (sulfide) groups is 1. The summed E-state index contributed by atoms with van der Waals surface area (Å²) in [5.74, 6) is 1.89. The second-order valence-electron chi connectivity index (χ2n) is 3.96. The molecule has 0 aliphatic rings. The molecular weight excluding hydrogens is 222 g/mol. The molecule has 0 radical (unpaired) electrons. The molecule has 16 heavy (non-hydrogen) atoms. The number of aromatic nitrogens is 3. The third-order valence-electron chi connectivity index (χ3n) is 2.05. The molecule has 0 spiro atoms. The third kappa shape index (κ3) is 6.09. The smallest absolute Gasteiger partial charge is 0.208 e. The lowest BCUT2D eigenvalue weighted by Gasteiger charge is -2.09. The lowest BCUT2D eigenvalue weighted by atomic mass is 10.4. The number of aromatic amines is 1. The molecule has 0 atom stereocenters. The largest absolute Gasteiger partial charge is 0.316 e. The van der Waals surface area contributed by atoms with Crippen LogP contribution in [-0.2, 0) is 0 Å². The van der Waals surface area contributed by atoms with Crippen LogP contribution < -0.4 is 5.32 Å². The van der Waals surface area contributed by atoms with Crippen LogP contribution in [0.2, 0.25) is 0 Å². The first kappa shape index (κ1) is 13.5. The Hall–Kier alpha value is -0.590. The number of aryl methyl sites for hydroxylation is 1. The van der Waals surface area contributed by atoms with Crippen molar-refractivity contribution in [3.8, 4) is 0 Å². The maximum atomic E-state index is 4.23. The summed E-state index contributed by atoms with van der Waals surface area (Å²) in [7, 11) is 4.20. The van der Waals surface area contributed by atoms with Gasteiger partial charge in [0.25, 0.3) is 0 Å². The van der Waals surface area contributed by atoms with Gasteiger partial charge in [-0.2, -0.15) is 0 Å². The summed E-state index contributed by atoms with van der Waals surface area (Å²) < 4.78 is 0. The zero-order valence-electron chi connectivity index (χ0n) is 10.3. The van der Waals surface area contributed by atoms with Gasteiger partial charge in [0, 0.05) is 12.3 Å². The Morgan fingerprint density at radius 2 is 2.19 bits per heavy atom. The number of nitrogens with zero attached hydrogens (tertiary/aromatic N) is 3. The molecule has 0 bridgehead atoms. The van der Waals surface area contributed by atoms with Crippen LogP contribution in [0.3, 0.4) is 0 Å². The molecule has 1 rings (SSSR count). The fourth-order valence-corrected chi connectivity index (χ4v) is 1.99. The van der Waals surface area contributed by atoms with Gasteiger partial charge in [-0.05, 0) is 40.5 Å². The fraction of sp³-hybridized carbons (Fsp3) is 0.800. The molecule has 92 valence electrons. The topological polar surface area (TPSA) is 56.8 Å². The summed E-state index contributed by atoms with van der Waals surface area (Å²) >= 11 is 1.68. The van der Waals surface area contributed by atoms with Crippen LogP contribution in [-0.4, -0.2) is 59.6 Å². The van der Waals surface area contributed by atoms with Gasteiger partial charge in [-0.3, -0.25) is 5.10 Å². The van der Waals surface area contributed by atoms with E-state index in [0.29, 0.717) is 0 Å². The predicted molar refractivity (Wildman–Crippen MR) is 67.9 cm³/mol. The standard InChI is InChI=1S/C10H21N5S/c1-9-12-10(14-13-9)16-8-6-11-5-4-7-15(2)3/h11H,4-8H2,1-3H3,(H,12,13,14). The third-order valence-corrected chi connectivity index (χ3v) is 2.89. The van der Waals surface area contributed by atoms with E-state index < -0.39 is 0 Å². The summed E-state index contributed by atoms with van der Waals surface area (Å²) in [6, 6.07) is 0. The van der Waals surface area contributed by atoms with Crippen molar-refractivity contribution in [1.82, 2.24) is 25.4 Å². The SMILES string of the molecule is Cc1nc(SCCNCCCN(C)C)n[nH]1. The number of hydrogen-bond acceptors (Lipinski definition) is 5. The van der Waals surface area contributed by atoms with Crippen LogP contribution in [0.15, 0.2) is 5.16 Å². The van der Waals surface area contributed by atoms with Crippen LogP contribution in [0.1, 0.15) is 12.2 Å². The quantitative estimate of drug-likeness (QED) is 0.521. The molecule has 2 N–H and O–H groups in total. The minimum Gasteiger partial charge on any atom is -0.316 e. The predicted octanol–water partition coefficient (Wildman–Crippen LogP) is 0.747. The molecule has 0 aromatic carbocycles. The second kappa shape index (κ2) is 7.65. The van der Waals surface area contributed by atoms with Gasteiger partial charge in [-0.15, -0.1) is 5.10 Å². The van der Waals surface area contributed by atoms with E-state index >= 15 is 0 Å². The molecule has 1 aromatic heterocycles. The highest BCUT2D eigenvalue weighted by molar-refractivity contribution is 7.99. The lowest BCUT2D eigenvalue weighted by molar-refractivity contribution is 0.396. The maximum absolute atomic E-state index is 4.23. The average Bonchev–Trinajstić information content (AvgIpc) is 2.62. The molecule has 0 saturated carbocycles. The van der Waals surface area contributed by atoms with Gasteiger partial charge in [-0.25, -0.2) is 4.98 Å². The monoisotopic (exact) mass is 243 g/mol. The summed E-state index contributed by atoms with van der Waals surface area (Å²) in [6.45, 7) is 5.13. The Balaban J connectivity index is 1.92.